The van der Waals surface area contributed by atoms with E-state index in [9.17, 15) is 4.39 Å². The number of nitrogens with one attached hydrogen (secondary N) is 1. The van der Waals surface area contributed by atoms with Crippen LogP contribution in [0.3, 0.4) is 0 Å². The van der Waals surface area contributed by atoms with E-state index < -0.39 is 11.6 Å². The summed E-state index contributed by atoms with van der Waals surface area (Å²) in [5.74, 6) is -0.426. The maximum atomic E-state index is 15.1. The number of nitrogens with zero attached hydrogens (tertiary/aromatic N) is 2. The van der Waals surface area contributed by atoms with E-state index in [2.05, 4.69) is 17.0 Å². The number of rotatable bonds is 3. The van der Waals surface area contributed by atoms with Gasteiger partial charge in [0.1, 0.15) is 11.2 Å². The third-order valence-electron chi connectivity index (χ3n) is 5.07. The van der Waals surface area contributed by atoms with Crippen molar-refractivity contribution in [3.05, 3.63) is 66.1 Å². The van der Waals surface area contributed by atoms with E-state index in [0.717, 1.165) is 24.1 Å². The molecular formula is C21H21F2N3. The molecule has 1 saturated heterocycles. The SMILES string of the molecule is C=C(C)c1cccc2c(F)n(-c3ccc(C4(F)CCCNC4)cc3)nc12. The highest BCUT2D eigenvalue weighted by molar-refractivity contribution is 5.90. The summed E-state index contributed by atoms with van der Waals surface area (Å²) in [7, 11) is 0. The Labute approximate surface area is 151 Å². The van der Waals surface area contributed by atoms with E-state index in [0.29, 0.717) is 35.1 Å². The first-order chi connectivity index (χ1) is 12.5. The Hall–Kier alpha value is -2.53. The number of alkyl halides is 1. The Bertz CT molecular complexity index is 967. The standard InChI is InChI=1S/C21H21F2N3/c1-14(2)17-5-3-6-18-19(17)25-26(20(18)22)16-9-7-15(8-10-16)21(23)11-4-12-24-13-21/h3,5-10,24H,1,4,11-13H2,2H3. The molecule has 3 nitrogen and oxygen atoms in total. The van der Waals surface area contributed by atoms with Gasteiger partial charge in [0.05, 0.1) is 11.1 Å². The Morgan fingerprint density at radius 3 is 2.65 bits per heavy atom. The van der Waals surface area contributed by atoms with Crippen LogP contribution in [0, 0.1) is 5.95 Å². The van der Waals surface area contributed by atoms with Crippen LogP contribution in [-0.4, -0.2) is 22.9 Å². The molecule has 0 spiro atoms. The van der Waals surface area contributed by atoms with E-state index in [1.165, 1.54) is 4.68 Å². The number of hydrogen-bond acceptors (Lipinski definition) is 2. The van der Waals surface area contributed by atoms with E-state index >= 15 is 4.39 Å². The second-order valence-electron chi connectivity index (χ2n) is 6.98. The van der Waals surface area contributed by atoms with Crippen LogP contribution < -0.4 is 5.32 Å². The molecule has 0 radical (unpaired) electrons. The van der Waals surface area contributed by atoms with Crippen LogP contribution in [0.5, 0.6) is 0 Å². The normalized spacial score (nSPS) is 20.4. The van der Waals surface area contributed by atoms with Gasteiger partial charge in [-0.1, -0.05) is 30.8 Å². The maximum Gasteiger partial charge on any atom is 0.224 e. The van der Waals surface area contributed by atoms with Crippen molar-refractivity contribution in [1.29, 1.82) is 0 Å². The zero-order valence-corrected chi connectivity index (χ0v) is 14.7. The molecule has 1 atom stereocenters. The van der Waals surface area contributed by atoms with Crippen molar-refractivity contribution in [3.63, 3.8) is 0 Å². The molecule has 5 heteroatoms. The van der Waals surface area contributed by atoms with Gasteiger partial charge in [0, 0.05) is 12.1 Å². The predicted octanol–water partition coefficient (Wildman–Crippen LogP) is 4.75. The van der Waals surface area contributed by atoms with Gasteiger partial charge < -0.3 is 5.32 Å². The predicted molar refractivity (Wildman–Crippen MR) is 101 cm³/mol. The number of piperidine rings is 1. The molecule has 134 valence electrons. The maximum absolute atomic E-state index is 15.1. The summed E-state index contributed by atoms with van der Waals surface area (Å²) in [6, 6.07) is 12.3. The molecule has 0 amide bonds. The van der Waals surface area contributed by atoms with Crippen LogP contribution in [0.15, 0.2) is 49.0 Å². The topological polar surface area (TPSA) is 29.9 Å². The second-order valence-corrected chi connectivity index (χ2v) is 6.98. The monoisotopic (exact) mass is 353 g/mol. The van der Waals surface area contributed by atoms with Crippen molar-refractivity contribution in [2.24, 2.45) is 0 Å². The van der Waals surface area contributed by atoms with Crippen molar-refractivity contribution in [2.75, 3.05) is 13.1 Å². The highest BCUT2D eigenvalue weighted by atomic mass is 19.1. The van der Waals surface area contributed by atoms with Crippen molar-refractivity contribution >= 4 is 16.5 Å². The smallest absolute Gasteiger partial charge is 0.224 e. The highest BCUT2D eigenvalue weighted by Crippen LogP contribution is 2.33. The molecule has 2 heterocycles. The minimum atomic E-state index is -1.36. The molecule has 26 heavy (non-hydrogen) atoms. The summed E-state index contributed by atoms with van der Waals surface area (Å²) in [6.07, 6.45) is 1.31. The fraction of sp³-hybridized carbons (Fsp3) is 0.286. The van der Waals surface area contributed by atoms with E-state index in [1.54, 1.807) is 36.4 Å². The largest absolute Gasteiger partial charge is 0.313 e. The van der Waals surface area contributed by atoms with Gasteiger partial charge in [0.25, 0.3) is 0 Å². The minimum Gasteiger partial charge on any atom is -0.313 e. The van der Waals surface area contributed by atoms with Gasteiger partial charge in [-0.25, -0.2) is 9.07 Å². The molecule has 1 unspecified atom stereocenters. The number of allylic oxidation sites excluding steroid dienone is 1. The van der Waals surface area contributed by atoms with Crippen molar-refractivity contribution in [1.82, 2.24) is 15.1 Å². The summed E-state index contributed by atoms with van der Waals surface area (Å²) >= 11 is 0. The van der Waals surface area contributed by atoms with Crippen LogP contribution >= 0.6 is 0 Å². The van der Waals surface area contributed by atoms with E-state index in [1.807, 2.05) is 13.0 Å². The molecule has 0 bridgehead atoms. The van der Waals surface area contributed by atoms with Gasteiger partial charge in [-0.05, 0) is 55.6 Å². The van der Waals surface area contributed by atoms with Crippen molar-refractivity contribution in [3.8, 4) is 5.69 Å². The number of halogens is 2. The summed E-state index contributed by atoms with van der Waals surface area (Å²) in [5, 5.41) is 7.99. The lowest BCUT2D eigenvalue weighted by Crippen LogP contribution is -2.40. The van der Waals surface area contributed by atoms with Gasteiger partial charge in [-0.2, -0.15) is 9.49 Å². The summed E-state index contributed by atoms with van der Waals surface area (Å²) in [5.41, 5.74) is 2.07. The lowest BCUT2D eigenvalue weighted by molar-refractivity contribution is 0.122. The molecule has 4 rings (SSSR count). The van der Waals surface area contributed by atoms with Gasteiger partial charge in [-0.15, -0.1) is 0 Å². The molecule has 1 fully saturated rings. The highest BCUT2D eigenvalue weighted by Gasteiger charge is 2.33. The molecule has 3 aromatic rings. The number of hydrogen-bond donors (Lipinski definition) is 1. The number of aromatic nitrogens is 2. The van der Waals surface area contributed by atoms with E-state index in [4.69, 9.17) is 0 Å². The van der Waals surface area contributed by atoms with Crippen LogP contribution in [0.25, 0.3) is 22.2 Å². The minimum absolute atomic E-state index is 0.314. The molecule has 0 aliphatic carbocycles. The molecule has 1 N–H and O–H groups in total. The van der Waals surface area contributed by atoms with Crippen molar-refractivity contribution in [2.45, 2.75) is 25.4 Å². The number of fused-ring (bicyclic) bond motifs is 1. The molecule has 1 aliphatic rings. The second kappa shape index (κ2) is 6.32. The molecule has 1 aliphatic heterocycles. The zero-order chi connectivity index (χ0) is 18.3. The van der Waals surface area contributed by atoms with Gasteiger partial charge in [-0.3, -0.25) is 0 Å². The molecule has 1 aromatic heterocycles. The summed E-state index contributed by atoms with van der Waals surface area (Å²) in [6.45, 7) is 6.97. The van der Waals surface area contributed by atoms with Crippen LogP contribution in [0.4, 0.5) is 8.78 Å². The lowest BCUT2D eigenvalue weighted by atomic mass is 9.88. The van der Waals surface area contributed by atoms with Crippen LogP contribution in [0.1, 0.15) is 30.9 Å². The molecular weight excluding hydrogens is 332 g/mol. The first-order valence-corrected chi connectivity index (χ1v) is 8.83. The summed E-state index contributed by atoms with van der Waals surface area (Å²) < 4.78 is 31.2. The summed E-state index contributed by atoms with van der Waals surface area (Å²) in [4.78, 5) is 0. The zero-order valence-electron chi connectivity index (χ0n) is 14.7. The van der Waals surface area contributed by atoms with Gasteiger partial charge in [0.15, 0.2) is 0 Å². The number of benzene rings is 2. The Morgan fingerprint density at radius 1 is 1.23 bits per heavy atom. The van der Waals surface area contributed by atoms with Gasteiger partial charge >= 0.3 is 0 Å². The lowest BCUT2D eigenvalue weighted by Gasteiger charge is -2.30. The fourth-order valence-electron chi connectivity index (χ4n) is 3.61. The Kier molecular flexibility index (Phi) is 4.11. The third-order valence-corrected chi connectivity index (χ3v) is 5.07. The van der Waals surface area contributed by atoms with Crippen LogP contribution in [0.2, 0.25) is 0 Å². The fourth-order valence-corrected chi connectivity index (χ4v) is 3.61. The third kappa shape index (κ3) is 2.72. The molecule has 2 aromatic carbocycles. The van der Waals surface area contributed by atoms with Crippen LogP contribution in [-0.2, 0) is 5.67 Å². The Balaban J connectivity index is 1.75. The molecule has 0 saturated carbocycles. The average molecular weight is 353 g/mol. The van der Waals surface area contributed by atoms with Gasteiger partial charge in [0.2, 0.25) is 5.95 Å². The van der Waals surface area contributed by atoms with Crippen molar-refractivity contribution < 1.29 is 8.78 Å². The average Bonchev–Trinajstić information content (AvgIpc) is 2.99. The first kappa shape index (κ1) is 16.9. The quantitative estimate of drug-likeness (QED) is 0.737. The Morgan fingerprint density at radius 2 is 2.00 bits per heavy atom. The first-order valence-electron chi connectivity index (χ1n) is 8.83. The van der Waals surface area contributed by atoms with E-state index in [-0.39, 0.29) is 0 Å².